The largest absolute Gasteiger partial charge is 0.407 e. The summed E-state index contributed by atoms with van der Waals surface area (Å²) < 4.78 is 24.3. The van der Waals surface area contributed by atoms with Crippen molar-refractivity contribution in [2.24, 2.45) is 5.92 Å². The van der Waals surface area contributed by atoms with Crippen LogP contribution in [-0.4, -0.2) is 94.4 Å². The van der Waals surface area contributed by atoms with Crippen LogP contribution in [0.25, 0.3) is 22.3 Å². The lowest BCUT2D eigenvalue weighted by atomic mass is 9.96. The van der Waals surface area contributed by atoms with Crippen LogP contribution in [0, 0.1) is 19.8 Å². The number of aromatic nitrogens is 8. The number of imidazole rings is 2. The summed E-state index contributed by atoms with van der Waals surface area (Å²) in [5.74, 6) is 0.899. The number of nitrogens with one attached hydrogen (secondary N) is 5. The maximum absolute atomic E-state index is 12.8. The Morgan fingerprint density at radius 2 is 1.45 bits per heavy atom. The van der Waals surface area contributed by atoms with Crippen LogP contribution in [-0.2, 0) is 13.9 Å². The van der Waals surface area contributed by atoms with Crippen LogP contribution in [0.2, 0.25) is 18.1 Å². The summed E-state index contributed by atoms with van der Waals surface area (Å²) in [4.78, 5) is 49.4. The van der Waals surface area contributed by atoms with Crippen LogP contribution in [0.5, 0.6) is 0 Å². The van der Waals surface area contributed by atoms with E-state index in [2.05, 4.69) is 86.6 Å². The van der Waals surface area contributed by atoms with Gasteiger partial charge in [-0.1, -0.05) is 39.9 Å². The molecule has 0 spiro atoms. The molecule has 3 saturated heterocycles. The molecule has 274 valence electrons. The quantitative estimate of drug-likeness (QED) is 0.151. The summed E-state index contributed by atoms with van der Waals surface area (Å²) in [5.41, 5.74) is 0.776. The molecule has 0 amide bonds. The summed E-state index contributed by atoms with van der Waals surface area (Å²) in [6.45, 7) is 16.9. The van der Waals surface area contributed by atoms with E-state index in [0.717, 1.165) is 0 Å². The number of hydrogen-bond donors (Lipinski definition) is 5. The van der Waals surface area contributed by atoms with Gasteiger partial charge in [-0.2, -0.15) is 0 Å². The fourth-order valence-electron chi connectivity index (χ4n) is 7.02. The maximum atomic E-state index is 12.8. The Kier molecular flexibility index (Phi) is 9.19. The Morgan fingerprint density at radius 3 is 2.04 bits per heavy atom. The number of H-pyrrole nitrogens is 2. The first-order valence-corrected chi connectivity index (χ1v) is 20.9. The van der Waals surface area contributed by atoms with E-state index in [4.69, 9.17) is 38.3 Å². The van der Waals surface area contributed by atoms with Gasteiger partial charge >= 0.3 is 0 Å². The van der Waals surface area contributed by atoms with Crippen molar-refractivity contribution in [2.75, 3.05) is 6.54 Å². The number of thiocarbonyl (C=S) groups is 2. The van der Waals surface area contributed by atoms with Crippen molar-refractivity contribution in [2.45, 2.75) is 115 Å². The second-order valence-corrected chi connectivity index (χ2v) is 21.0. The monoisotopic (exact) mass is 755 g/mol. The van der Waals surface area contributed by atoms with Gasteiger partial charge in [-0.3, -0.25) is 18.7 Å². The summed E-state index contributed by atoms with van der Waals surface area (Å²) >= 11 is 11.9. The topological polar surface area (TPSA) is 191 Å². The van der Waals surface area contributed by atoms with Crippen molar-refractivity contribution in [1.29, 1.82) is 0 Å². The van der Waals surface area contributed by atoms with Gasteiger partial charge in [0.2, 0.25) is 0 Å². The molecular weight excluding hydrogens is 711 g/mol. The fourth-order valence-corrected chi connectivity index (χ4v) is 8.79. The molecule has 7 heterocycles. The van der Waals surface area contributed by atoms with E-state index in [1.807, 2.05) is 4.57 Å². The number of aryl methyl sites for hydroxylation is 2. The standard InChI is InChI=1S/C32H45N11O5S2Si/c1-14-20-17(46-29(14)42-12-34-22-25(42)36-15(2)38-27(22)44)9-10-19(49)40-21-18(11-33-31(50)41-20)47-30(24(21)48-51(7,8)32(4,5)6)43-13-35-23-26(43)37-16(3)39-28(23)45/h12-14,17-18,20-21,24,29-30H,9-11H2,1-8H3,(H,40,49)(H2,33,41,50)(H,36,38,44)(H,37,39,45)/t14?,17-,18-,20-,21?,24+,29-,30-/m1/s1. The average molecular weight is 756 g/mol. The highest BCUT2D eigenvalue weighted by atomic mass is 32.1. The summed E-state index contributed by atoms with van der Waals surface area (Å²) in [7, 11) is -2.38. The summed E-state index contributed by atoms with van der Waals surface area (Å²) in [6.07, 6.45) is 2.02. The first kappa shape index (κ1) is 35.8. The van der Waals surface area contributed by atoms with Gasteiger partial charge in [0.1, 0.15) is 30.1 Å². The SMILES string of the molecule is Cc1nc2c(ncn2[C@@H]2O[C@@H]3CCC(=S)NC4[C@@H](CNC(=S)N[C@@H]3C2C)O[C@@H](n2cnc3c(=O)[nH]c(C)nc32)[C@H]4O[Si](C)(C)C(C)(C)C)c(=O)[nH]1. The third-order valence-corrected chi connectivity index (χ3v) is 15.8. The molecule has 3 aliphatic rings. The zero-order valence-corrected chi connectivity index (χ0v) is 32.6. The molecule has 7 rings (SSSR count). The fraction of sp³-hybridized carbons (Fsp3) is 0.625. The van der Waals surface area contributed by atoms with Crippen LogP contribution in [0.3, 0.4) is 0 Å². The molecule has 3 fully saturated rings. The molecule has 5 N–H and O–H groups in total. The third-order valence-electron chi connectivity index (χ3n) is 10.7. The van der Waals surface area contributed by atoms with E-state index >= 15 is 0 Å². The Hall–Kier alpha value is -3.62. The van der Waals surface area contributed by atoms with Crippen LogP contribution in [0.15, 0.2) is 22.2 Å². The van der Waals surface area contributed by atoms with Gasteiger partial charge in [0.25, 0.3) is 11.1 Å². The lowest BCUT2D eigenvalue weighted by Gasteiger charge is -2.41. The van der Waals surface area contributed by atoms with Gasteiger partial charge in [0.15, 0.2) is 42.0 Å². The third kappa shape index (κ3) is 6.52. The molecular formula is C32H45N11O5S2Si. The molecule has 0 radical (unpaired) electrons. The molecule has 19 heteroatoms. The molecule has 0 aliphatic carbocycles. The summed E-state index contributed by atoms with van der Waals surface area (Å²) in [5, 5.41) is 10.9. The zero-order valence-electron chi connectivity index (χ0n) is 29.9. The highest BCUT2D eigenvalue weighted by molar-refractivity contribution is 7.80. The highest BCUT2D eigenvalue weighted by Crippen LogP contribution is 2.43. The minimum absolute atomic E-state index is 0.0751. The first-order valence-electron chi connectivity index (χ1n) is 17.2. The van der Waals surface area contributed by atoms with Crippen LogP contribution in [0.1, 0.15) is 64.6 Å². The molecule has 0 saturated carbocycles. The Morgan fingerprint density at radius 1 is 0.882 bits per heavy atom. The van der Waals surface area contributed by atoms with Crippen molar-refractivity contribution >= 4 is 65.2 Å². The Bertz CT molecular complexity index is 2120. The first-order chi connectivity index (χ1) is 24.0. The Labute approximate surface area is 306 Å². The number of ether oxygens (including phenoxy) is 2. The van der Waals surface area contributed by atoms with Crippen molar-refractivity contribution in [1.82, 2.24) is 55.0 Å². The lowest BCUT2D eigenvalue weighted by molar-refractivity contribution is -0.0297. The van der Waals surface area contributed by atoms with E-state index in [1.54, 1.807) is 31.1 Å². The zero-order chi connectivity index (χ0) is 36.6. The molecule has 0 aromatic carbocycles. The molecule has 2 unspecified atom stereocenters. The number of nitrogens with zero attached hydrogens (tertiary/aromatic N) is 6. The smallest absolute Gasteiger partial charge is 0.279 e. The van der Waals surface area contributed by atoms with E-state index < -0.39 is 33.0 Å². The molecule has 4 aromatic heterocycles. The second-order valence-electron chi connectivity index (χ2n) is 15.3. The summed E-state index contributed by atoms with van der Waals surface area (Å²) in [6, 6.07) is -0.547. The van der Waals surface area contributed by atoms with E-state index in [-0.39, 0.29) is 51.3 Å². The minimum atomic E-state index is -2.38. The van der Waals surface area contributed by atoms with Gasteiger partial charge < -0.3 is 39.8 Å². The predicted octanol–water partition coefficient (Wildman–Crippen LogP) is 2.60. The molecule has 8 atom stereocenters. The van der Waals surface area contributed by atoms with Crippen molar-refractivity contribution in [3.05, 3.63) is 45.0 Å². The average Bonchev–Trinajstić information content (AvgIpc) is 3.79. The van der Waals surface area contributed by atoms with Crippen molar-refractivity contribution in [3.63, 3.8) is 0 Å². The van der Waals surface area contributed by atoms with E-state index in [9.17, 15) is 9.59 Å². The number of aromatic amines is 2. The minimum Gasteiger partial charge on any atom is -0.407 e. The molecule has 4 aromatic rings. The van der Waals surface area contributed by atoms with Gasteiger partial charge in [-0.05, 0) is 50.6 Å². The Balaban J connectivity index is 1.19. The van der Waals surface area contributed by atoms with Crippen LogP contribution < -0.4 is 27.1 Å². The number of fused-ring (bicyclic) bond motifs is 4. The van der Waals surface area contributed by atoms with E-state index in [0.29, 0.717) is 52.4 Å². The molecule has 0 bridgehead atoms. The molecule has 51 heavy (non-hydrogen) atoms. The van der Waals surface area contributed by atoms with Gasteiger partial charge in [0.05, 0.1) is 35.8 Å². The van der Waals surface area contributed by atoms with Crippen molar-refractivity contribution in [3.8, 4) is 0 Å². The van der Waals surface area contributed by atoms with Gasteiger partial charge in [-0.25, -0.2) is 19.9 Å². The molecule has 16 nitrogen and oxygen atoms in total. The van der Waals surface area contributed by atoms with Gasteiger partial charge in [0, 0.05) is 18.9 Å². The number of hydrogen-bond acceptors (Lipinski definition) is 11. The predicted molar refractivity (Wildman–Crippen MR) is 201 cm³/mol. The van der Waals surface area contributed by atoms with Gasteiger partial charge in [-0.15, -0.1) is 0 Å². The lowest BCUT2D eigenvalue weighted by Crippen LogP contribution is -2.56. The van der Waals surface area contributed by atoms with Crippen LogP contribution >= 0.6 is 24.4 Å². The van der Waals surface area contributed by atoms with E-state index in [1.165, 1.54) is 0 Å². The van der Waals surface area contributed by atoms with Crippen LogP contribution in [0.4, 0.5) is 0 Å². The highest BCUT2D eigenvalue weighted by Gasteiger charge is 2.52. The van der Waals surface area contributed by atoms with Crippen molar-refractivity contribution < 1.29 is 13.9 Å². The normalized spacial score (nSPS) is 29.2. The maximum Gasteiger partial charge on any atom is 0.279 e. The molecule has 3 aliphatic heterocycles. The second kappa shape index (κ2) is 13.1. The number of rotatable bonds is 4.